The standard InChI is InChI=1S/C15H20Cl2N4/c1-3-7-18-14(9-15-19-10-20-21(15)4-2)12-6-5-11(16)8-13(12)17/h5-6,8,10,14,18H,3-4,7,9H2,1-2H3. The van der Waals surface area contributed by atoms with E-state index >= 15 is 0 Å². The Hall–Kier alpha value is -1.10. The first kappa shape index (κ1) is 16.3. The van der Waals surface area contributed by atoms with Crippen LogP contribution in [-0.2, 0) is 13.0 Å². The van der Waals surface area contributed by atoms with E-state index in [1.807, 2.05) is 16.8 Å². The highest BCUT2D eigenvalue weighted by molar-refractivity contribution is 6.35. The fourth-order valence-corrected chi connectivity index (χ4v) is 2.83. The van der Waals surface area contributed by atoms with Crippen LogP contribution >= 0.6 is 23.2 Å². The van der Waals surface area contributed by atoms with Crippen molar-refractivity contribution in [3.05, 3.63) is 46.0 Å². The fraction of sp³-hybridized carbons (Fsp3) is 0.467. The van der Waals surface area contributed by atoms with Gasteiger partial charge in [0, 0.05) is 29.1 Å². The van der Waals surface area contributed by atoms with Crippen LogP contribution < -0.4 is 5.32 Å². The van der Waals surface area contributed by atoms with Crippen molar-refractivity contribution in [2.75, 3.05) is 6.54 Å². The summed E-state index contributed by atoms with van der Waals surface area (Å²) in [7, 11) is 0. The normalized spacial score (nSPS) is 12.6. The number of nitrogens with zero attached hydrogens (tertiary/aromatic N) is 3. The maximum Gasteiger partial charge on any atom is 0.138 e. The van der Waals surface area contributed by atoms with Gasteiger partial charge in [-0.2, -0.15) is 5.10 Å². The molecule has 0 fully saturated rings. The van der Waals surface area contributed by atoms with Crippen molar-refractivity contribution in [1.29, 1.82) is 0 Å². The van der Waals surface area contributed by atoms with E-state index in [4.69, 9.17) is 23.2 Å². The SMILES string of the molecule is CCCNC(Cc1ncnn1CC)c1ccc(Cl)cc1Cl. The Balaban J connectivity index is 2.25. The number of nitrogens with one attached hydrogen (secondary N) is 1. The summed E-state index contributed by atoms with van der Waals surface area (Å²) in [4.78, 5) is 4.35. The van der Waals surface area contributed by atoms with Gasteiger partial charge in [-0.25, -0.2) is 4.98 Å². The minimum absolute atomic E-state index is 0.101. The summed E-state index contributed by atoms with van der Waals surface area (Å²) < 4.78 is 1.91. The third-order valence-electron chi connectivity index (χ3n) is 3.36. The molecule has 0 saturated heterocycles. The molecule has 2 rings (SSSR count). The second-order valence-electron chi connectivity index (χ2n) is 4.87. The Labute approximate surface area is 135 Å². The lowest BCUT2D eigenvalue weighted by Gasteiger charge is -2.20. The lowest BCUT2D eigenvalue weighted by atomic mass is 10.0. The highest BCUT2D eigenvalue weighted by Gasteiger charge is 2.17. The van der Waals surface area contributed by atoms with Gasteiger partial charge in [0.2, 0.25) is 0 Å². The van der Waals surface area contributed by atoms with Gasteiger partial charge in [0.25, 0.3) is 0 Å². The van der Waals surface area contributed by atoms with Crippen LogP contribution in [0.5, 0.6) is 0 Å². The molecule has 1 aromatic carbocycles. The minimum atomic E-state index is 0.101. The maximum absolute atomic E-state index is 6.35. The molecule has 0 radical (unpaired) electrons. The third kappa shape index (κ3) is 4.19. The number of halogens is 2. The van der Waals surface area contributed by atoms with Gasteiger partial charge in [-0.1, -0.05) is 36.2 Å². The van der Waals surface area contributed by atoms with Crippen LogP contribution in [0.4, 0.5) is 0 Å². The fourth-order valence-electron chi connectivity index (χ4n) is 2.29. The summed E-state index contributed by atoms with van der Waals surface area (Å²) in [6.45, 7) is 5.93. The van der Waals surface area contributed by atoms with Gasteiger partial charge in [-0.15, -0.1) is 0 Å². The second-order valence-corrected chi connectivity index (χ2v) is 5.71. The van der Waals surface area contributed by atoms with Crippen molar-refractivity contribution in [2.45, 2.75) is 39.3 Å². The minimum Gasteiger partial charge on any atom is -0.310 e. The summed E-state index contributed by atoms with van der Waals surface area (Å²) in [5.74, 6) is 0.956. The molecular weight excluding hydrogens is 307 g/mol. The van der Waals surface area contributed by atoms with Gasteiger partial charge in [0.1, 0.15) is 12.2 Å². The van der Waals surface area contributed by atoms with E-state index in [1.165, 1.54) is 0 Å². The van der Waals surface area contributed by atoms with Gasteiger partial charge >= 0.3 is 0 Å². The molecular formula is C15H20Cl2N4. The molecule has 1 aromatic heterocycles. The van der Waals surface area contributed by atoms with Crippen molar-refractivity contribution in [1.82, 2.24) is 20.1 Å². The molecule has 1 heterocycles. The van der Waals surface area contributed by atoms with Crippen LogP contribution in [0.3, 0.4) is 0 Å². The van der Waals surface area contributed by atoms with Crippen molar-refractivity contribution in [3.8, 4) is 0 Å². The molecule has 1 unspecified atom stereocenters. The predicted molar refractivity (Wildman–Crippen MR) is 86.9 cm³/mol. The lowest BCUT2D eigenvalue weighted by molar-refractivity contribution is 0.497. The van der Waals surface area contributed by atoms with E-state index in [0.29, 0.717) is 10.0 Å². The molecule has 4 nitrogen and oxygen atoms in total. The number of hydrogen-bond donors (Lipinski definition) is 1. The summed E-state index contributed by atoms with van der Waals surface area (Å²) in [6, 6.07) is 5.73. The predicted octanol–water partition coefficient (Wildman–Crippen LogP) is 3.89. The summed E-state index contributed by atoms with van der Waals surface area (Å²) in [6.07, 6.45) is 3.40. The van der Waals surface area contributed by atoms with E-state index in [2.05, 4.69) is 29.2 Å². The van der Waals surface area contributed by atoms with Gasteiger partial charge in [0.15, 0.2) is 0 Å². The average molecular weight is 327 g/mol. The van der Waals surface area contributed by atoms with Crippen LogP contribution in [0, 0.1) is 0 Å². The van der Waals surface area contributed by atoms with E-state index in [9.17, 15) is 0 Å². The number of hydrogen-bond acceptors (Lipinski definition) is 3. The highest BCUT2D eigenvalue weighted by atomic mass is 35.5. The van der Waals surface area contributed by atoms with Crippen LogP contribution in [0.25, 0.3) is 0 Å². The molecule has 0 aliphatic heterocycles. The van der Waals surface area contributed by atoms with Crippen LogP contribution in [0.1, 0.15) is 37.7 Å². The molecule has 0 bridgehead atoms. The van der Waals surface area contributed by atoms with Gasteiger partial charge < -0.3 is 5.32 Å². The number of rotatable bonds is 7. The molecule has 2 aromatic rings. The Bertz CT molecular complexity index is 583. The first-order valence-electron chi connectivity index (χ1n) is 7.20. The Morgan fingerprint density at radius 1 is 1.29 bits per heavy atom. The topological polar surface area (TPSA) is 42.7 Å². The molecule has 114 valence electrons. The zero-order valence-corrected chi connectivity index (χ0v) is 13.8. The quantitative estimate of drug-likeness (QED) is 0.839. The van der Waals surface area contributed by atoms with Gasteiger partial charge in [-0.3, -0.25) is 4.68 Å². The van der Waals surface area contributed by atoms with Crippen LogP contribution in [0.15, 0.2) is 24.5 Å². The Morgan fingerprint density at radius 3 is 2.76 bits per heavy atom. The largest absolute Gasteiger partial charge is 0.310 e. The van der Waals surface area contributed by atoms with E-state index in [1.54, 1.807) is 12.4 Å². The number of aromatic nitrogens is 3. The molecule has 0 aliphatic carbocycles. The summed E-state index contributed by atoms with van der Waals surface area (Å²) >= 11 is 12.3. The smallest absolute Gasteiger partial charge is 0.138 e. The molecule has 0 saturated carbocycles. The van der Waals surface area contributed by atoms with E-state index < -0.39 is 0 Å². The maximum atomic E-state index is 6.35. The summed E-state index contributed by atoms with van der Waals surface area (Å²) in [5.41, 5.74) is 1.04. The first-order valence-corrected chi connectivity index (χ1v) is 7.96. The lowest BCUT2D eigenvalue weighted by Crippen LogP contribution is -2.25. The molecule has 1 atom stereocenters. The first-order chi connectivity index (χ1) is 10.2. The van der Waals surface area contributed by atoms with E-state index in [0.717, 1.165) is 37.3 Å². The Kier molecular flexibility index (Phi) is 6.03. The van der Waals surface area contributed by atoms with E-state index in [-0.39, 0.29) is 6.04 Å². The van der Waals surface area contributed by atoms with Crippen molar-refractivity contribution in [3.63, 3.8) is 0 Å². The molecule has 0 aliphatic rings. The number of benzene rings is 1. The van der Waals surface area contributed by atoms with Gasteiger partial charge in [-0.05, 0) is 37.6 Å². The molecule has 0 amide bonds. The molecule has 0 spiro atoms. The monoisotopic (exact) mass is 326 g/mol. The zero-order chi connectivity index (χ0) is 15.2. The second kappa shape index (κ2) is 7.78. The zero-order valence-electron chi connectivity index (χ0n) is 12.3. The molecule has 21 heavy (non-hydrogen) atoms. The molecule has 6 heteroatoms. The van der Waals surface area contributed by atoms with Crippen molar-refractivity contribution >= 4 is 23.2 Å². The van der Waals surface area contributed by atoms with Crippen molar-refractivity contribution < 1.29 is 0 Å². The highest BCUT2D eigenvalue weighted by Crippen LogP contribution is 2.28. The van der Waals surface area contributed by atoms with Crippen LogP contribution in [0.2, 0.25) is 10.0 Å². The average Bonchev–Trinajstić information content (AvgIpc) is 2.91. The Morgan fingerprint density at radius 2 is 2.10 bits per heavy atom. The van der Waals surface area contributed by atoms with Crippen LogP contribution in [-0.4, -0.2) is 21.3 Å². The van der Waals surface area contributed by atoms with Gasteiger partial charge in [0.05, 0.1) is 0 Å². The third-order valence-corrected chi connectivity index (χ3v) is 3.92. The summed E-state index contributed by atoms with van der Waals surface area (Å²) in [5, 5.41) is 9.08. The van der Waals surface area contributed by atoms with Crippen molar-refractivity contribution in [2.24, 2.45) is 0 Å². The molecule has 1 N–H and O–H groups in total. The number of aryl methyl sites for hydroxylation is 1.